The number of hydrogen-bond acceptors (Lipinski definition) is 3. The number of hydrogen-bond donors (Lipinski definition) is 1. The van der Waals surface area contributed by atoms with Crippen LogP contribution in [0.5, 0.6) is 0 Å². The van der Waals surface area contributed by atoms with E-state index in [2.05, 4.69) is 11.4 Å². The van der Waals surface area contributed by atoms with E-state index in [-0.39, 0.29) is 23.4 Å². The van der Waals surface area contributed by atoms with Gasteiger partial charge < -0.3 is 5.32 Å². The molecule has 1 aliphatic rings. The average Bonchev–Trinajstić information content (AvgIpc) is 2.80. The van der Waals surface area contributed by atoms with E-state index < -0.39 is 10.0 Å². The first kappa shape index (κ1) is 23.1. The molecule has 0 radical (unpaired) electrons. The molecule has 0 heterocycles. The molecule has 0 spiro atoms. The van der Waals surface area contributed by atoms with Crippen LogP contribution in [0, 0.1) is 20.8 Å². The third-order valence-electron chi connectivity index (χ3n) is 6.38. The van der Waals surface area contributed by atoms with E-state index in [4.69, 9.17) is 0 Å². The largest absolute Gasteiger partial charge is 0.348 e. The highest BCUT2D eigenvalue weighted by Gasteiger charge is 2.29. The van der Waals surface area contributed by atoms with Gasteiger partial charge in [-0.1, -0.05) is 48.0 Å². The summed E-state index contributed by atoms with van der Waals surface area (Å²) in [4.78, 5) is 13.3. The third-order valence-corrected chi connectivity index (χ3v) is 8.17. The molecule has 1 aliphatic carbocycles. The van der Waals surface area contributed by atoms with Crippen LogP contribution in [0.25, 0.3) is 0 Å². The molecule has 0 bridgehead atoms. The summed E-state index contributed by atoms with van der Waals surface area (Å²) >= 11 is 0. The number of sulfonamides is 1. The fraction of sp³-hybridized carbons (Fsp3) is 0.296. The molecule has 0 aliphatic heterocycles. The van der Waals surface area contributed by atoms with Gasteiger partial charge in [0.2, 0.25) is 5.91 Å². The summed E-state index contributed by atoms with van der Waals surface area (Å²) in [5.74, 6) is -0.314. The van der Waals surface area contributed by atoms with Gasteiger partial charge in [0.1, 0.15) is 6.54 Å². The second-order valence-electron chi connectivity index (χ2n) is 8.80. The first-order chi connectivity index (χ1) is 15.8. The fourth-order valence-electron chi connectivity index (χ4n) is 4.31. The van der Waals surface area contributed by atoms with E-state index in [1.165, 1.54) is 9.87 Å². The Bertz CT molecular complexity index is 1270. The molecule has 33 heavy (non-hydrogen) atoms. The number of nitrogens with zero attached hydrogens (tertiary/aromatic N) is 1. The van der Waals surface area contributed by atoms with Gasteiger partial charge in [-0.25, -0.2) is 8.42 Å². The minimum Gasteiger partial charge on any atom is -0.348 e. The van der Waals surface area contributed by atoms with Gasteiger partial charge in [-0.05, 0) is 86.6 Å². The Morgan fingerprint density at radius 1 is 0.970 bits per heavy atom. The Hall–Kier alpha value is -3.12. The molecular weight excluding hydrogens is 432 g/mol. The van der Waals surface area contributed by atoms with Crippen molar-refractivity contribution in [2.75, 3.05) is 10.8 Å². The molecule has 3 aromatic rings. The van der Waals surface area contributed by atoms with Gasteiger partial charge >= 0.3 is 0 Å². The fourth-order valence-corrected chi connectivity index (χ4v) is 5.72. The summed E-state index contributed by atoms with van der Waals surface area (Å²) in [5.41, 5.74) is 5.86. The number of fused-ring (bicyclic) bond motifs is 1. The van der Waals surface area contributed by atoms with E-state index >= 15 is 0 Å². The SMILES string of the molecule is Cc1ccc(S(=O)(=O)N(CC(=O)N[C@@H]2CCCc3ccccc32)c2ccc(C)c(C)c2)cc1. The maximum atomic E-state index is 13.6. The Morgan fingerprint density at radius 2 is 1.70 bits per heavy atom. The minimum absolute atomic E-state index is 0.105. The number of carbonyl (C=O) groups excluding carboxylic acids is 1. The quantitative estimate of drug-likeness (QED) is 0.561. The number of aryl methyl sites for hydroxylation is 4. The van der Waals surface area contributed by atoms with Gasteiger partial charge in [0, 0.05) is 0 Å². The zero-order chi connectivity index (χ0) is 23.6. The van der Waals surface area contributed by atoms with Crippen molar-refractivity contribution in [3.05, 3.63) is 94.5 Å². The second-order valence-corrected chi connectivity index (χ2v) is 10.7. The molecule has 0 unspecified atom stereocenters. The zero-order valence-electron chi connectivity index (χ0n) is 19.3. The molecule has 0 fully saturated rings. The summed E-state index contributed by atoms with van der Waals surface area (Å²) in [6.45, 7) is 5.55. The van der Waals surface area contributed by atoms with Crippen LogP contribution in [0.2, 0.25) is 0 Å². The highest BCUT2D eigenvalue weighted by Crippen LogP contribution is 2.30. The Morgan fingerprint density at radius 3 is 2.42 bits per heavy atom. The molecule has 1 amide bonds. The zero-order valence-corrected chi connectivity index (χ0v) is 20.2. The van der Waals surface area contributed by atoms with Crippen LogP contribution >= 0.6 is 0 Å². The lowest BCUT2D eigenvalue weighted by atomic mass is 9.88. The van der Waals surface area contributed by atoms with Gasteiger partial charge in [-0.15, -0.1) is 0 Å². The number of nitrogens with one attached hydrogen (secondary N) is 1. The highest BCUT2D eigenvalue weighted by atomic mass is 32.2. The van der Waals surface area contributed by atoms with Crippen molar-refractivity contribution in [1.82, 2.24) is 5.32 Å². The Labute approximate surface area is 196 Å². The predicted molar refractivity (Wildman–Crippen MR) is 132 cm³/mol. The highest BCUT2D eigenvalue weighted by molar-refractivity contribution is 7.92. The lowest BCUT2D eigenvalue weighted by Crippen LogP contribution is -2.42. The summed E-state index contributed by atoms with van der Waals surface area (Å²) < 4.78 is 28.4. The molecule has 0 aromatic heterocycles. The molecule has 3 aromatic carbocycles. The van der Waals surface area contributed by atoms with Crippen molar-refractivity contribution in [3.8, 4) is 0 Å². The maximum Gasteiger partial charge on any atom is 0.264 e. The van der Waals surface area contributed by atoms with Crippen molar-refractivity contribution in [3.63, 3.8) is 0 Å². The number of carbonyl (C=O) groups is 1. The number of benzene rings is 3. The molecule has 172 valence electrons. The summed E-state index contributed by atoms with van der Waals surface area (Å²) in [6.07, 6.45) is 2.83. The molecule has 0 saturated heterocycles. The van der Waals surface area contributed by atoms with Gasteiger partial charge in [-0.2, -0.15) is 0 Å². The van der Waals surface area contributed by atoms with Crippen molar-refractivity contribution < 1.29 is 13.2 Å². The van der Waals surface area contributed by atoms with E-state index in [9.17, 15) is 13.2 Å². The Kier molecular flexibility index (Phi) is 6.56. The molecular formula is C27H30N2O3S. The third kappa shape index (κ3) is 4.96. The van der Waals surface area contributed by atoms with Crippen molar-refractivity contribution in [2.45, 2.75) is 51.0 Å². The van der Waals surface area contributed by atoms with E-state index in [0.717, 1.165) is 41.5 Å². The molecule has 5 nitrogen and oxygen atoms in total. The van der Waals surface area contributed by atoms with E-state index in [1.807, 2.05) is 51.1 Å². The summed E-state index contributed by atoms with van der Waals surface area (Å²) in [5, 5.41) is 3.09. The average molecular weight is 463 g/mol. The predicted octanol–water partition coefficient (Wildman–Crippen LogP) is 5.00. The van der Waals surface area contributed by atoms with E-state index in [0.29, 0.717) is 5.69 Å². The van der Waals surface area contributed by atoms with Crippen LogP contribution in [0.15, 0.2) is 71.6 Å². The molecule has 0 saturated carbocycles. The molecule has 1 N–H and O–H groups in total. The van der Waals surface area contributed by atoms with Crippen LogP contribution < -0.4 is 9.62 Å². The second kappa shape index (κ2) is 9.40. The number of amides is 1. The molecule has 4 rings (SSSR count). The van der Waals surface area contributed by atoms with Crippen LogP contribution in [-0.2, 0) is 21.2 Å². The van der Waals surface area contributed by atoms with Crippen LogP contribution in [0.1, 0.15) is 46.7 Å². The molecule has 6 heteroatoms. The van der Waals surface area contributed by atoms with Crippen LogP contribution in [0.3, 0.4) is 0 Å². The lowest BCUT2D eigenvalue weighted by Gasteiger charge is -2.29. The van der Waals surface area contributed by atoms with Crippen molar-refractivity contribution in [1.29, 1.82) is 0 Å². The van der Waals surface area contributed by atoms with Crippen molar-refractivity contribution in [2.24, 2.45) is 0 Å². The van der Waals surface area contributed by atoms with Gasteiger partial charge in [0.25, 0.3) is 10.0 Å². The first-order valence-electron chi connectivity index (χ1n) is 11.3. The number of rotatable bonds is 6. The summed E-state index contributed by atoms with van der Waals surface area (Å²) in [7, 11) is -3.92. The maximum absolute atomic E-state index is 13.6. The van der Waals surface area contributed by atoms with Gasteiger partial charge in [0.05, 0.1) is 16.6 Å². The minimum atomic E-state index is -3.92. The van der Waals surface area contributed by atoms with E-state index in [1.54, 1.807) is 30.3 Å². The standard InChI is InChI=1S/C27H30N2O3S/c1-19-11-15-24(16-12-19)33(31,32)29(23-14-13-20(2)21(3)17-23)18-27(30)28-26-10-6-8-22-7-4-5-9-25(22)26/h4-5,7,9,11-17,26H,6,8,10,18H2,1-3H3,(H,28,30)/t26-/m1/s1. The van der Waals surface area contributed by atoms with Crippen LogP contribution in [0.4, 0.5) is 5.69 Å². The van der Waals surface area contributed by atoms with Gasteiger partial charge in [0.15, 0.2) is 0 Å². The Balaban J connectivity index is 1.65. The first-order valence-corrected chi connectivity index (χ1v) is 12.7. The molecule has 1 atom stereocenters. The summed E-state index contributed by atoms with van der Waals surface area (Å²) in [6, 6.07) is 20.2. The lowest BCUT2D eigenvalue weighted by molar-refractivity contribution is -0.120. The van der Waals surface area contributed by atoms with Gasteiger partial charge in [-0.3, -0.25) is 9.10 Å². The van der Waals surface area contributed by atoms with Crippen LogP contribution in [-0.4, -0.2) is 20.9 Å². The van der Waals surface area contributed by atoms with Crippen molar-refractivity contribution >= 4 is 21.6 Å². The topological polar surface area (TPSA) is 66.5 Å². The normalized spacial score (nSPS) is 15.5. The monoisotopic (exact) mass is 462 g/mol. The smallest absolute Gasteiger partial charge is 0.264 e. The number of anilines is 1.